The number of benzene rings is 2. The third-order valence-electron chi connectivity index (χ3n) is 2.80. The van der Waals surface area contributed by atoms with Crippen molar-refractivity contribution in [3.63, 3.8) is 0 Å². The summed E-state index contributed by atoms with van der Waals surface area (Å²) in [5.74, 6) is -0.816. The molecule has 2 aromatic rings. The lowest BCUT2D eigenvalue weighted by molar-refractivity contribution is 0.0600. The molecule has 1 amide bonds. The summed E-state index contributed by atoms with van der Waals surface area (Å²) in [7, 11) is 1.30. The summed E-state index contributed by atoms with van der Waals surface area (Å²) < 4.78 is 5.39. The van der Waals surface area contributed by atoms with E-state index in [-0.39, 0.29) is 5.91 Å². The number of rotatable bonds is 3. The Balaban J connectivity index is 2.23. The van der Waals surface area contributed by atoms with E-state index in [1.807, 2.05) is 0 Å². The maximum Gasteiger partial charge on any atom is 0.337 e. The molecular weight excluding hydrogens is 336 g/mol. The van der Waals surface area contributed by atoms with Crippen LogP contribution in [0, 0.1) is 0 Å². The fourth-order valence-corrected chi connectivity index (χ4v) is 2.13. The SMILES string of the molecule is COC(=O)c1cccc(NC(=O)c2cc(Br)ccc2N)c1. The Morgan fingerprint density at radius 3 is 2.67 bits per heavy atom. The molecule has 108 valence electrons. The topological polar surface area (TPSA) is 81.4 Å². The molecule has 2 aromatic carbocycles. The molecule has 0 radical (unpaired) electrons. The first-order valence-electron chi connectivity index (χ1n) is 6.06. The van der Waals surface area contributed by atoms with Crippen molar-refractivity contribution in [2.24, 2.45) is 0 Å². The zero-order valence-electron chi connectivity index (χ0n) is 11.2. The van der Waals surface area contributed by atoms with Gasteiger partial charge in [-0.3, -0.25) is 4.79 Å². The standard InChI is InChI=1S/C15H13BrN2O3/c1-21-15(20)9-3-2-4-11(7-9)18-14(19)12-8-10(16)5-6-13(12)17/h2-8H,17H2,1H3,(H,18,19). The third-order valence-corrected chi connectivity index (χ3v) is 3.29. The van der Waals surface area contributed by atoms with Crippen molar-refractivity contribution in [1.29, 1.82) is 0 Å². The Bertz CT molecular complexity index is 701. The van der Waals surface area contributed by atoms with Crippen LogP contribution in [0.15, 0.2) is 46.9 Å². The number of hydrogen-bond donors (Lipinski definition) is 2. The number of nitrogens with one attached hydrogen (secondary N) is 1. The van der Waals surface area contributed by atoms with Gasteiger partial charge in [0.1, 0.15) is 0 Å². The van der Waals surface area contributed by atoms with Crippen molar-refractivity contribution in [2.45, 2.75) is 0 Å². The van der Waals surface area contributed by atoms with Gasteiger partial charge >= 0.3 is 5.97 Å². The normalized spacial score (nSPS) is 10.0. The number of carbonyl (C=O) groups is 2. The lowest BCUT2D eigenvalue weighted by Gasteiger charge is -2.09. The number of nitrogen functional groups attached to an aromatic ring is 1. The predicted octanol–water partition coefficient (Wildman–Crippen LogP) is 3.07. The van der Waals surface area contributed by atoms with E-state index in [0.29, 0.717) is 22.5 Å². The van der Waals surface area contributed by atoms with Gasteiger partial charge in [-0.25, -0.2) is 4.79 Å². The Morgan fingerprint density at radius 2 is 1.95 bits per heavy atom. The second-order valence-corrected chi connectivity index (χ2v) is 5.17. The van der Waals surface area contributed by atoms with E-state index < -0.39 is 5.97 Å². The average Bonchev–Trinajstić information content (AvgIpc) is 2.49. The molecule has 0 saturated carbocycles. The number of ether oxygens (including phenoxy) is 1. The second-order valence-electron chi connectivity index (χ2n) is 4.26. The molecule has 6 heteroatoms. The minimum atomic E-state index is -0.465. The molecule has 0 aromatic heterocycles. The maximum absolute atomic E-state index is 12.2. The number of esters is 1. The quantitative estimate of drug-likeness (QED) is 0.659. The highest BCUT2D eigenvalue weighted by atomic mass is 79.9. The lowest BCUT2D eigenvalue weighted by Crippen LogP contribution is -2.14. The Labute approximate surface area is 130 Å². The van der Waals surface area contributed by atoms with E-state index >= 15 is 0 Å². The van der Waals surface area contributed by atoms with Crippen LogP contribution < -0.4 is 11.1 Å². The van der Waals surface area contributed by atoms with Crippen LogP contribution in [0.2, 0.25) is 0 Å². The largest absolute Gasteiger partial charge is 0.465 e. The van der Waals surface area contributed by atoms with E-state index in [2.05, 4.69) is 26.0 Å². The van der Waals surface area contributed by atoms with Crippen molar-refractivity contribution in [3.8, 4) is 0 Å². The number of amides is 1. The van der Waals surface area contributed by atoms with Gasteiger partial charge in [0.15, 0.2) is 0 Å². The lowest BCUT2D eigenvalue weighted by atomic mass is 10.1. The summed E-state index contributed by atoms with van der Waals surface area (Å²) in [4.78, 5) is 23.7. The first-order chi connectivity index (χ1) is 10.0. The van der Waals surface area contributed by atoms with Crippen LogP contribution in [0.4, 0.5) is 11.4 Å². The highest BCUT2D eigenvalue weighted by Crippen LogP contribution is 2.20. The van der Waals surface area contributed by atoms with Crippen molar-refractivity contribution in [1.82, 2.24) is 0 Å². The molecule has 0 saturated heterocycles. The Morgan fingerprint density at radius 1 is 1.19 bits per heavy atom. The van der Waals surface area contributed by atoms with Gasteiger partial charge in [-0.1, -0.05) is 22.0 Å². The molecular formula is C15H13BrN2O3. The van der Waals surface area contributed by atoms with Gasteiger partial charge in [0.05, 0.1) is 18.2 Å². The summed E-state index contributed by atoms with van der Waals surface area (Å²) in [6.07, 6.45) is 0. The van der Waals surface area contributed by atoms with Crippen molar-refractivity contribution in [2.75, 3.05) is 18.2 Å². The van der Waals surface area contributed by atoms with Crippen LogP contribution in [0.5, 0.6) is 0 Å². The van der Waals surface area contributed by atoms with Crippen LogP contribution in [-0.4, -0.2) is 19.0 Å². The van der Waals surface area contributed by atoms with Crippen LogP contribution in [0.25, 0.3) is 0 Å². The second kappa shape index (κ2) is 6.41. The van der Waals surface area contributed by atoms with E-state index in [1.54, 1.807) is 36.4 Å². The maximum atomic E-state index is 12.2. The minimum Gasteiger partial charge on any atom is -0.465 e. The van der Waals surface area contributed by atoms with Crippen molar-refractivity contribution >= 4 is 39.2 Å². The molecule has 0 atom stereocenters. The summed E-state index contributed by atoms with van der Waals surface area (Å²) in [6, 6.07) is 11.5. The van der Waals surface area contributed by atoms with Gasteiger partial charge in [0, 0.05) is 15.8 Å². The van der Waals surface area contributed by atoms with Gasteiger partial charge in [-0.2, -0.15) is 0 Å². The number of anilines is 2. The molecule has 0 heterocycles. The molecule has 3 N–H and O–H groups in total. The van der Waals surface area contributed by atoms with E-state index in [9.17, 15) is 9.59 Å². The van der Waals surface area contributed by atoms with E-state index in [4.69, 9.17) is 5.73 Å². The molecule has 0 aliphatic heterocycles. The molecule has 0 bridgehead atoms. The van der Waals surface area contributed by atoms with Crippen LogP contribution in [0.3, 0.4) is 0 Å². The summed E-state index contributed by atoms with van der Waals surface area (Å²) in [5.41, 5.74) is 7.36. The predicted molar refractivity (Wildman–Crippen MR) is 84.3 cm³/mol. The zero-order chi connectivity index (χ0) is 15.4. The first kappa shape index (κ1) is 15.1. The van der Waals surface area contributed by atoms with E-state index in [0.717, 1.165) is 4.47 Å². The monoisotopic (exact) mass is 348 g/mol. The molecule has 0 fully saturated rings. The van der Waals surface area contributed by atoms with E-state index in [1.165, 1.54) is 13.2 Å². The molecule has 2 rings (SSSR count). The number of carbonyl (C=O) groups excluding carboxylic acids is 2. The van der Waals surface area contributed by atoms with Gasteiger partial charge < -0.3 is 15.8 Å². The molecule has 5 nitrogen and oxygen atoms in total. The number of methoxy groups -OCH3 is 1. The minimum absolute atomic E-state index is 0.351. The van der Waals surface area contributed by atoms with Gasteiger partial charge in [-0.15, -0.1) is 0 Å². The number of halogens is 1. The number of nitrogens with two attached hydrogens (primary N) is 1. The first-order valence-corrected chi connectivity index (χ1v) is 6.85. The third kappa shape index (κ3) is 3.61. The summed E-state index contributed by atoms with van der Waals surface area (Å²) >= 11 is 3.29. The summed E-state index contributed by atoms with van der Waals surface area (Å²) in [6.45, 7) is 0. The van der Waals surface area contributed by atoms with Gasteiger partial charge in [0.25, 0.3) is 5.91 Å². The fraction of sp³-hybridized carbons (Fsp3) is 0.0667. The fourth-order valence-electron chi connectivity index (χ4n) is 1.77. The van der Waals surface area contributed by atoms with Gasteiger partial charge in [0.2, 0.25) is 0 Å². The van der Waals surface area contributed by atoms with Crippen LogP contribution >= 0.6 is 15.9 Å². The number of hydrogen-bond acceptors (Lipinski definition) is 4. The van der Waals surface area contributed by atoms with Gasteiger partial charge in [-0.05, 0) is 36.4 Å². The molecule has 21 heavy (non-hydrogen) atoms. The van der Waals surface area contributed by atoms with Crippen LogP contribution in [-0.2, 0) is 4.74 Å². The van der Waals surface area contributed by atoms with Crippen molar-refractivity contribution < 1.29 is 14.3 Å². The van der Waals surface area contributed by atoms with Crippen molar-refractivity contribution in [3.05, 3.63) is 58.1 Å². The highest BCUT2D eigenvalue weighted by Gasteiger charge is 2.12. The molecule has 0 aliphatic carbocycles. The Hall–Kier alpha value is -2.34. The Kier molecular flexibility index (Phi) is 4.59. The average molecular weight is 349 g/mol. The molecule has 0 aliphatic rings. The zero-order valence-corrected chi connectivity index (χ0v) is 12.8. The molecule has 0 spiro atoms. The summed E-state index contributed by atoms with van der Waals surface area (Å²) in [5, 5.41) is 2.70. The highest BCUT2D eigenvalue weighted by molar-refractivity contribution is 9.10. The van der Waals surface area contributed by atoms with Crippen LogP contribution in [0.1, 0.15) is 20.7 Å². The molecule has 0 unspecified atom stereocenters. The smallest absolute Gasteiger partial charge is 0.337 e.